The minimum atomic E-state index is -0.228. The second-order valence-corrected chi connectivity index (χ2v) is 5.92. The average molecular weight is 324 g/mol. The van der Waals surface area contributed by atoms with E-state index in [0.29, 0.717) is 17.5 Å². The van der Waals surface area contributed by atoms with Gasteiger partial charge >= 0.3 is 0 Å². The summed E-state index contributed by atoms with van der Waals surface area (Å²) < 4.78 is 7.69. The van der Waals surface area contributed by atoms with Crippen LogP contribution in [-0.2, 0) is 13.0 Å². The van der Waals surface area contributed by atoms with Crippen molar-refractivity contribution in [3.05, 3.63) is 46.9 Å². The van der Waals surface area contributed by atoms with E-state index in [1.165, 1.54) is 0 Å². The highest BCUT2D eigenvalue weighted by atomic mass is 35.5. The lowest BCUT2D eigenvalue weighted by Gasteiger charge is -2.08. The molecule has 21 heavy (non-hydrogen) atoms. The maximum atomic E-state index is 6.25. The quantitative estimate of drug-likeness (QED) is 0.659. The first-order chi connectivity index (χ1) is 10.1. The number of oxazole rings is 1. The Morgan fingerprint density at radius 3 is 2.86 bits per heavy atom. The van der Waals surface area contributed by atoms with E-state index in [1.54, 1.807) is 6.20 Å². The van der Waals surface area contributed by atoms with Gasteiger partial charge in [0.2, 0.25) is 5.89 Å². The maximum Gasteiger partial charge on any atom is 0.214 e. The van der Waals surface area contributed by atoms with Crippen molar-refractivity contribution >= 4 is 34.2 Å². The molecular weight excluding hydrogens is 309 g/mol. The van der Waals surface area contributed by atoms with Gasteiger partial charge in [-0.2, -0.15) is 0 Å². The molecular formula is C15H15Cl2N3O. The maximum absolute atomic E-state index is 6.25. The molecule has 2 aromatic heterocycles. The van der Waals surface area contributed by atoms with Gasteiger partial charge in [0.05, 0.1) is 22.1 Å². The van der Waals surface area contributed by atoms with Gasteiger partial charge in [0.25, 0.3) is 0 Å². The molecule has 1 atom stereocenters. The third-order valence-electron chi connectivity index (χ3n) is 3.36. The minimum absolute atomic E-state index is 0.228. The molecule has 6 heteroatoms. The van der Waals surface area contributed by atoms with Crippen molar-refractivity contribution in [3.8, 4) is 0 Å². The molecule has 0 aliphatic rings. The smallest absolute Gasteiger partial charge is 0.214 e. The monoisotopic (exact) mass is 323 g/mol. The Bertz CT molecular complexity index is 776. The number of hydrogen-bond donors (Lipinski definition) is 0. The number of benzene rings is 1. The van der Waals surface area contributed by atoms with Gasteiger partial charge in [-0.1, -0.05) is 24.6 Å². The van der Waals surface area contributed by atoms with Gasteiger partial charge in [0, 0.05) is 6.42 Å². The van der Waals surface area contributed by atoms with Gasteiger partial charge in [-0.05, 0) is 19.1 Å². The lowest BCUT2D eigenvalue weighted by molar-refractivity contribution is 0.445. The molecule has 0 aliphatic heterocycles. The summed E-state index contributed by atoms with van der Waals surface area (Å²) >= 11 is 12.5. The zero-order chi connectivity index (χ0) is 15.0. The summed E-state index contributed by atoms with van der Waals surface area (Å²) in [5.74, 6) is 2.27. The first kappa shape index (κ1) is 14.4. The van der Waals surface area contributed by atoms with Crippen molar-refractivity contribution < 1.29 is 4.42 Å². The highest BCUT2D eigenvalue weighted by Gasteiger charge is 2.18. The third kappa shape index (κ3) is 2.65. The third-order valence-corrected chi connectivity index (χ3v) is 3.86. The van der Waals surface area contributed by atoms with Crippen LogP contribution in [0.3, 0.4) is 0 Å². The minimum Gasteiger partial charge on any atom is -0.444 e. The second kappa shape index (κ2) is 5.70. The van der Waals surface area contributed by atoms with Gasteiger partial charge < -0.3 is 8.98 Å². The van der Waals surface area contributed by atoms with Crippen LogP contribution in [0.5, 0.6) is 0 Å². The zero-order valence-electron chi connectivity index (χ0n) is 11.8. The topological polar surface area (TPSA) is 43.9 Å². The molecule has 110 valence electrons. The van der Waals surface area contributed by atoms with Crippen LogP contribution in [0, 0.1) is 0 Å². The van der Waals surface area contributed by atoms with E-state index < -0.39 is 0 Å². The molecule has 3 rings (SSSR count). The molecule has 0 radical (unpaired) electrons. The molecule has 0 aliphatic carbocycles. The predicted octanol–water partition coefficient (Wildman–Crippen LogP) is 4.59. The van der Waals surface area contributed by atoms with Crippen molar-refractivity contribution in [2.24, 2.45) is 0 Å². The average Bonchev–Trinajstić information content (AvgIpc) is 3.05. The summed E-state index contributed by atoms with van der Waals surface area (Å²) in [6.45, 7) is 4.41. The fourth-order valence-electron chi connectivity index (χ4n) is 2.32. The van der Waals surface area contributed by atoms with Gasteiger partial charge in [-0.15, -0.1) is 11.6 Å². The molecule has 0 amide bonds. The Hall–Kier alpha value is -1.52. The Labute approximate surface area is 132 Å². The van der Waals surface area contributed by atoms with Gasteiger partial charge in [0.15, 0.2) is 0 Å². The van der Waals surface area contributed by atoms with E-state index in [1.807, 2.05) is 36.6 Å². The van der Waals surface area contributed by atoms with Crippen molar-refractivity contribution in [2.75, 3.05) is 0 Å². The lowest BCUT2D eigenvalue weighted by atomic mass is 10.3. The second-order valence-electron chi connectivity index (χ2n) is 4.85. The number of aryl methyl sites for hydroxylation is 1. The van der Waals surface area contributed by atoms with Gasteiger partial charge in [-0.25, -0.2) is 9.97 Å². The van der Waals surface area contributed by atoms with Crippen LogP contribution < -0.4 is 0 Å². The highest BCUT2D eigenvalue weighted by molar-refractivity contribution is 6.35. The van der Waals surface area contributed by atoms with Crippen LogP contribution in [0.4, 0.5) is 0 Å². The molecule has 0 fully saturated rings. The van der Waals surface area contributed by atoms with Crippen LogP contribution in [0.2, 0.25) is 5.02 Å². The Morgan fingerprint density at radius 1 is 1.38 bits per heavy atom. The summed E-state index contributed by atoms with van der Waals surface area (Å²) in [7, 11) is 0. The van der Waals surface area contributed by atoms with Crippen molar-refractivity contribution in [2.45, 2.75) is 32.2 Å². The normalized spacial score (nSPS) is 13.0. The molecule has 4 nitrogen and oxygen atoms in total. The first-order valence-corrected chi connectivity index (χ1v) is 7.64. The van der Waals surface area contributed by atoms with Crippen LogP contribution in [0.15, 0.2) is 28.8 Å². The number of alkyl halides is 1. The standard InChI is InChI=1S/C15H15Cl2N3O/c1-3-10-7-18-13(21-10)8-20-12-6-4-5-11(17)14(12)19-15(20)9(2)16/h4-7,9H,3,8H2,1-2H3. The Morgan fingerprint density at radius 2 is 2.19 bits per heavy atom. The molecule has 2 heterocycles. The summed E-state index contributed by atoms with van der Waals surface area (Å²) in [6, 6.07) is 5.70. The van der Waals surface area contributed by atoms with Crippen LogP contribution in [0.25, 0.3) is 11.0 Å². The molecule has 0 N–H and O–H groups in total. The number of para-hydroxylation sites is 1. The summed E-state index contributed by atoms with van der Waals surface area (Å²) in [6.07, 6.45) is 2.58. The summed E-state index contributed by atoms with van der Waals surface area (Å²) in [5, 5.41) is 0.389. The molecule has 1 unspecified atom stereocenters. The summed E-state index contributed by atoms with van der Waals surface area (Å²) in [4.78, 5) is 8.86. The van der Waals surface area contributed by atoms with Gasteiger partial charge in [0.1, 0.15) is 23.6 Å². The Balaban J connectivity index is 2.11. The molecule has 0 bridgehead atoms. The van der Waals surface area contributed by atoms with E-state index in [4.69, 9.17) is 27.6 Å². The van der Waals surface area contributed by atoms with Crippen LogP contribution in [-0.4, -0.2) is 14.5 Å². The number of rotatable bonds is 4. The fraction of sp³-hybridized carbons (Fsp3) is 0.333. The Kier molecular flexibility index (Phi) is 3.91. The van der Waals surface area contributed by atoms with Crippen LogP contribution >= 0.6 is 23.2 Å². The number of halogens is 2. The zero-order valence-corrected chi connectivity index (χ0v) is 13.3. The fourth-order valence-corrected chi connectivity index (χ4v) is 2.70. The van der Waals surface area contributed by atoms with E-state index in [-0.39, 0.29) is 5.38 Å². The van der Waals surface area contributed by atoms with E-state index in [0.717, 1.165) is 29.0 Å². The molecule has 0 spiro atoms. The number of nitrogens with zero attached hydrogens (tertiary/aromatic N) is 3. The molecule has 0 saturated carbocycles. The first-order valence-electron chi connectivity index (χ1n) is 6.82. The highest BCUT2D eigenvalue weighted by Crippen LogP contribution is 2.29. The lowest BCUT2D eigenvalue weighted by Crippen LogP contribution is -2.06. The molecule has 0 saturated heterocycles. The van der Waals surface area contributed by atoms with Crippen molar-refractivity contribution in [3.63, 3.8) is 0 Å². The largest absolute Gasteiger partial charge is 0.444 e. The number of hydrogen-bond acceptors (Lipinski definition) is 3. The van der Waals surface area contributed by atoms with Crippen molar-refractivity contribution in [1.82, 2.24) is 14.5 Å². The van der Waals surface area contributed by atoms with Gasteiger partial charge in [-0.3, -0.25) is 0 Å². The van der Waals surface area contributed by atoms with E-state index in [9.17, 15) is 0 Å². The molecule has 3 aromatic rings. The SMILES string of the molecule is CCc1cnc(Cn2c(C(C)Cl)nc3c(Cl)cccc32)o1. The van der Waals surface area contributed by atoms with E-state index >= 15 is 0 Å². The van der Waals surface area contributed by atoms with Crippen LogP contribution in [0.1, 0.15) is 36.7 Å². The number of imidazole rings is 1. The number of fused-ring (bicyclic) bond motifs is 1. The van der Waals surface area contributed by atoms with Crippen molar-refractivity contribution in [1.29, 1.82) is 0 Å². The van der Waals surface area contributed by atoms with E-state index in [2.05, 4.69) is 9.97 Å². The predicted molar refractivity (Wildman–Crippen MR) is 84.0 cm³/mol. The summed E-state index contributed by atoms with van der Waals surface area (Å²) in [5.41, 5.74) is 1.69. The molecule has 1 aromatic carbocycles. The number of aromatic nitrogens is 3.